The lowest BCUT2D eigenvalue weighted by Gasteiger charge is -2.33. The van der Waals surface area contributed by atoms with Gasteiger partial charge in [0.1, 0.15) is 0 Å². The highest BCUT2D eigenvalue weighted by Gasteiger charge is 2.29. The topological polar surface area (TPSA) is 73.9 Å². The number of carbonyl (C=O) groups is 2. The first-order valence-corrected chi connectivity index (χ1v) is 6.27. The van der Waals surface area contributed by atoms with Crippen LogP contribution in [0, 0.1) is 0 Å². The fourth-order valence-corrected chi connectivity index (χ4v) is 2.26. The van der Waals surface area contributed by atoms with Crippen LogP contribution in [0.25, 0.3) is 0 Å². The van der Waals surface area contributed by atoms with Crippen molar-refractivity contribution < 1.29 is 14.3 Å². The molecule has 2 aliphatic heterocycles. The molecule has 2 fully saturated rings. The van der Waals surface area contributed by atoms with E-state index in [0.29, 0.717) is 19.7 Å². The third kappa shape index (κ3) is 3.18. The second-order valence-corrected chi connectivity index (χ2v) is 4.56. The maximum absolute atomic E-state index is 11.4. The van der Waals surface area contributed by atoms with Gasteiger partial charge in [0.25, 0.3) is 0 Å². The largest absolute Gasteiger partial charge is 0.374 e. The molecule has 7 heteroatoms. The molecule has 1 unspecified atom stereocenters. The number of ether oxygens (including phenoxy) is 1. The van der Waals surface area contributed by atoms with Crippen LogP contribution in [0.2, 0.25) is 0 Å². The number of nitrogens with zero attached hydrogens (tertiary/aromatic N) is 2. The minimum absolute atomic E-state index is 0.129. The molecule has 102 valence electrons. The number of nitrogens with one attached hydrogen (secondary N) is 2. The summed E-state index contributed by atoms with van der Waals surface area (Å²) < 4.78 is 5.60. The van der Waals surface area contributed by atoms with Crippen LogP contribution in [0.1, 0.15) is 0 Å². The predicted molar refractivity (Wildman–Crippen MR) is 65.2 cm³/mol. The molecule has 0 aromatic carbocycles. The van der Waals surface area contributed by atoms with Crippen LogP contribution in [-0.2, 0) is 9.53 Å². The Kier molecular flexibility index (Phi) is 4.51. The Hall–Kier alpha value is -1.18. The number of morpholine rings is 1. The van der Waals surface area contributed by atoms with E-state index in [-0.39, 0.29) is 24.6 Å². The lowest BCUT2D eigenvalue weighted by atomic mass is 10.2. The molecule has 0 aliphatic carbocycles. The molecule has 0 bridgehead atoms. The lowest BCUT2D eigenvalue weighted by molar-refractivity contribution is -0.125. The Morgan fingerprint density at radius 3 is 2.94 bits per heavy atom. The van der Waals surface area contributed by atoms with E-state index < -0.39 is 0 Å². The van der Waals surface area contributed by atoms with Gasteiger partial charge in [-0.1, -0.05) is 0 Å². The van der Waals surface area contributed by atoms with E-state index in [1.807, 2.05) is 7.05 Å². The Labute approximate surface area is 106 Å². The molecule has 2 heterocycles. The highest BCUT2D eigenvalue weighted by atomic mass is 16.5. The van der Waals surface area contributed by atoms with Crippen molar-refractivity contribution in [2.45, 2.75) is 6.10 Å². The van der Waals surface area contributed by atoms with Crippen molar-refractivity contribution in [3.8, 4) is 0 Å². The summed E-state index contributed by atoms with van der Waals surface area (Å²) in [6.45, 7) is 4.50. The number of likely N-dealkylation sites (N-methyl/N-ethyl adjacent to an activating group) is 1. The van der Waals surface area contributed by atoms with Crippen LogP contribution in [0.4, 0.5) is 4.79 Å². The number of carbonyl (C=O) groups excluding carboxylic acids is 2. The molecule has 2 N–H and O–H groups in total. The molecule has 18 heavy (non-hydrogen) atoms. The van der Waals surface area contributed by atoms with Crippen molar-refractivity contribution in [1.29, 1.82) is 0 Å². The third-order valence-corrected chi connectivity index (χ3v) is 3.23. The summed E-state index contributed by atoms with van der Waals surface area (Å²) in [5, 5.41) is 5.61. The van der Waals surface area contributed by atoms with E-state index in [4.69, 9.17) is 4.74 Å². The average molecular weight is 256 g/mol. The molecule has 7 nitrogen and oxygen atoms in total. The summed E-state index contributed by atoms with van der Waals surface area (Å²) in [4.78, 5) is 26.3. The van der Waals surface area contributed by atoms with Crippen LogP contribution in [0.3, 0.4) is 0 Å². The van der Waals surface area contributed by atoms with Crippen LogP contribution in [0.15, 0.2) is 0 Å². The molecule has 0 radical (unpaired) electrons. The average Bonchev–Trinajstić information content (AvgIpc) is 2.68. The molecule has 0 aromatic rings. The first-order chi connectivity index (χ1) is 8.70. The Bertz CT molecular complexity index is 305. The van der Waals surface area contributed by atoms with Gasteiger partial charge in [-0.15, -0.1) is 0 Å². The lowest BCUT2D eigenvalue weighted by Crippen LogP contribution is -2.48. The SMILES string of the molecule is CNCC1CN(CCN2C(=O)CNC2=O)CCO1. The van der Waals surface area contributed by atoms with Gasteiger partial charge in [-0.25, -0.2) is 4.79 Å². The van der Waals surface area contributed by atoms with Crippen molar-refractivity contribution in [3.63, 3.8) is 0 Å². The third-order valence-electron chi connectivity index (χ3n) is 3.23. The predicted octanol–water partition coefficient (Wildman–Crippen LogP) is -1.54. The van der Waals surface area contributed by atoms with Crippen LogP contribution < -0.4 is 10.6 Å². The number of hydrogen-bond donors (Lipinski definition) is 2. The molecule has 2 saturated heterocycles. The zero-order valence-corrected chi connectivity index (χ0v) is 10.6. The molecule has 3 amide bonds. The number of rotatable bonds is 5. The molecule has 2 rings (SSSR count). The van der Waals surface area contributed by atoms with Crippen LogP contribution in [0.5, 0.6) is 0 Å². The zero-order valence-electron chi connectivity index (χ0n) is 10.6. The standard InChI is InChI=1S/C11H20N4O3/c1-12-6-9-8-14(4-5-18-9)2-3-15-10(16)7-13-11(15)17/h9,12H,2-8H2,1H3,(H,13,17). The monoisotopic (exact) mass is 256 g/mol. The summed E-state index contributed by atoms with van der Waals surface area (Å²) >= 11 is 0. The van der Waals surface area contributed by atoms with E-state index in [0.717, 1.165) is 19.6 Å². The van der Waals surface area contributed by atoms with E-state index in [1.165, 1.54) is 4.90 Å². The van der Waals surface area contributed by atoms with Gasteiger partial charge in [0, 0.05) is 32.7 Å². The van der Waals surface area contributed by atoms with Gasteiger partial charge in [0.05, 0.1) is 19.3 Å². The summed E-state index contributed by atoms with van der Waals surface area (Å²) in [6.07, 6.45) is 0.187. The van der Waals surface area contributed by atoms with E-state index >= 15 is 0 Å². The Balaban J connectivity index is 1.76. The number of amides is 3. The second-order valence-electron chi connectivity index (χ2n) is 4.56. The van der Waals surface area contributed by atoms with Crippen LogP contribution in [-0.4, -0.2) is 80.8 Å². The molecular formula is C11H20N4O3. The minimum atomic E-state index is -0.278. The zero-order chi connectivity index (χ0) is 13.0. The van der Waals surface area contributed by atoms with E-state index in [9.17, 15) is 9.59 Å². The number of urea groups is 1. The highest BCUT2D eigenvalue weighted by molar-refractivity contribution is 6.01. The summed E-state index contributed by atoms with van der Waals surface area (Å²) in [7, 11) is 1.90. The van der Waals surface area contributed by atoms with Gasteiger partial charge < -0.3 is 15.4 Å². The number of imide groups is 1. The minimum Gasteiger partial charge on any atom is -0.374 e. The van der Waals surface area contributed by atoms with Gasteiger partial charge in [-0.05, 0) is 7.05 Å². The molecule has 2 aliphatic rings. The summed E-state index contributed by atoms with van der Waals surface area (Å²) in [6, 6.07) is -0.278. The molecule has 0 spiro atoms. The second kappa shape index (κ2) is 6.12. The van der Waals surface area contributed by atoms with Gasteiger partial charge in [-0.3, -0.25) is 14.6 Å². The maximum Gasteiger partial charge on any atom is 0.324 e. The van der Waals surface area contributed by atoms with Crippen molar-refractivity contribution in [2.24, 2.45) is 0 Å². The molecular weight excluding hydrogens is 236 g/mol. The molecule has 1 atom stereocenters. The molecule has 0 saturated carbocycles. The van der Waals surface area contributed by atoms with E-state index in [2.05, 4.69) is 15.5 Å². The van der Waals surface area contributed by atoms with Crippen LogP contribution >= 0.6 is 0 Å². The van der Waals surface area contributed by atoms with Gasteiger partial charge in [0.2, 0.25) is 5.91 Å². The first kappa shape index (κ1) is 13.3. The summed E-state index contributed by atoms with van der Waals surface area (Å²) in [5.41, 5.74) is 0. The fourth-order valence-electron chi connectivity index (χ4n) is 2.26. The number of hydrogen-bond acceptors (Lipinski definition) is 5. The van der Waals surface area contributed by atoms with Crippen molar-refractivity contribution in [3.05, 3.63) is 0 Å². The normalized spacial score (nSPS) is 25.6. The fraction of sp³-hybridized carbons (Fsp3) is 0.818. The smallest absolute Gasteiger partial charge is 0.324 e. The maximum atomic E-state index is 11.4. The van der Waals surface area contributed by atoms with Gasteiger partial charge in [0.15, 0.2) is 0 Å². The first-order valence-electron chi connectivity index (χ1n) is 6.27. The Morgan fingerprint density at radius 1 is 1.44 bits per heavy atom. The highest BCUT2D eigenvalue weighted by Crippen LogP contribution is 2.06. The Morgan fingerprint density at radius 2 is 2.28 bits per heavy atom. The van der Waals surface area contributed by atoms with Gasteiger partial charge in [-0.2, -0.15) is 0 Å². The quantitative estimate of drug-likeness (QED) is 0.583. The van der Waals surface area contributed by atoms with Crippen molar-refractivity contribution in [1.82, 2.24) is 20.4 Å². The van der Waals surface area contributed by atoms with E-state index in [1.54, 1.807) is 0 Å². The van der Waals surface area contributed by atoms with Crippen molar-refractivity contribution in [2.75, 3.05) is 52.9 Å². The molecule has 0 aromatic heterocycles. The summed E-state index contributed by atoms with van der Waals surface area (Å²) in [5.74, 6) is -0.139. The van der Waals surface area contributed by atoms with Gasteiger partial charge >= 0.3 is 6.03 Å². The van der Waals surface area contributed by atoms with Crippen molar-refractivity contribution >= 4 is 11.9 Å².